The fraction of sp³-hybridized carbons (Fsp3) is 0.280. The first-order chi connectivity index (χ1) is 15.0. The number of hydrogen-bond acceptors (Lipinski definition) is 5. The van der Waals surface area contributed by atoms with Gasteiger partial charge in [-0.1, -0.05) is 12.1 Å². The Morgan fingerprint density at radius 1 is 1.10 bits per heavy atom. The van der Waals surface area contributed by atoms with E-state index in [0.29, 0.717) is 22.8 Å². The number of ketones is 1. The molecule has 0 bridgehead atoms. The van der Waals surface area contributed by atoms with Crippen LogP contribution >= 0.6 is 0 Å². The van der Waals surface area contributed by atoms with Crippen LogP contribution in [-0.2, 0) is 29.0 Å². The van der Waals surface area contributed by atoms with Crippen LogP contribution in [0.2, 0.25) is 0 Å². The van der Waals surface area contributed by atoms with E-state index in [1.807, 2.05) is 18.2 Å². The summed E-state index contributed by atoms with van der Waals surface area (Å²) in [6.45, 7) is 1.90. The average Bonchev–Trinajstić information content (AvgIpc) is 3.50. The second-order valence-electron chi connectivity index (χ2n) is 8.15. The molecule has 1 fully saturated rings. The Balaban J connectivity index is 1.62. The number of fused-ring (bicyclic) bond motifs is 1. The number of hydrogen-bond donors (Lipinski definition) is 1. The molecule has 0 saturated carbocycles. The third-order valence-corrected chi connectivity index (χ3v) is 6.10. The molecule has 3 heterocycles. The Labute approximate surface area is 179 Å². The van der Waals surface area contributed by atoms with E-state index < -0.39 is 17.7 Å². The van der Waals surface area contributed by atoms with E-state index in [1.165, 1.54) is 22.3 Å². The zero-order valence-corrected chi connectivity index (χ0v) is 17.3. The molecule has 3 aromatic rings. The number of Topliss-reactive ketones (excluding diaryl/α,β-unsaturated/α-hetero) is 1. The number of carbonyl (C=O) groups is 2. The molecular weight excluding hydrogens is 394 g/mol. The molecule has 2 aromatic heterocycles. The smallest absolute Gasteiger partial charge is 0.296 e. The molecule has 1 aromatic carbocycles. The topological polar surface area (TPSA) is 83.9 Å². The van der Waals surface area contributed by atoms with Crippen molar-refractivity contribution in [2.24, 2.45) is 0 Å². The summed E-state index contributed by atoms with van der Waals surface area (Å²) in [4.78, 5) is 27.4. The molecule has 5 rings (SSSR count). The SMILES string of the molecule is Cc1ccc(C2/C(=C(/O)c3ccc4c(c3)CCCC4)C(=O)C(=O)N2Cc2ccco2)o1. The van der Waals surface area contributed by atoms with E-state index in [-0.39, 0.29) is 17.9 Å². The van der Waals surface area contributed by atoms with Gasteiger partial charge in [0.15, 0.2) is 0 Å². The number of carbonyl (C=O) groups excluding carboxylic acids is 2. The van der Waals surface area contributed by atoms with Crippen molar-refractivity contribution in [3.63, 3.8) is 0 Å². The first kappa shape index (κ1) is 19.4. The summed E-state index contributed by atoms with van der Waals surface area (Å²) in [6.07, 6.45) is 5.76. The van der Waals surface area contributed by atoms with Crippen LogP contribution < -0.4 is 0 Å². The van der Waals surface area contributed by atoms with Crippen LogP contribution in [0.1, 0.15) is 52.9 Å². The Bertz CT molecular complexity index is 1180. The molecule has 1 saturated heterocycles. The van der Waals surface area contributed by atoms with Crippen molar-refractivity contribution in [1.82, 2.24) is 4.90 Å². The van der Waals surface area contributed by atoms with Gasteiger partial charge in [-0.2, -0.15) is 0 Å². The molecule has 1 atom stereocenters. The van der Waals surface area contributed by atoms with Crippen LogP contribution in [0.3, 0.4) is 0 Å². The average molecular weight is 417 g/mol. The largest absolute Gasteiger partial charge is 0.507 e. The van der Waals surface area contributed by atoms with E-state index in [0.717, 1.165) is 25.7 Å². The van der Waals surface area contributed by atoms with Gasteiger partial charge in [0.25, 0.3) is 11.7 Å². The van der Waals surface area contributed by atoms with Crippen LogP contribution in [0.4, 0.5) is 0 Å². The van der Waals surface area contributed by atoms with Crippen LogP contribution in [0.15, 0.2) is 63.1 Å². The number of aliphatic hydroxyl groups is 1. The van der Waals surface area contributed by atoms with Gasteiger partial charge in [-0.3, -0.25) is 9.59 Å². The monoisotopic (exact) mass is 417 g/mol. The summed E-state index contributed by atoms with van der Waals surface area (Å²) in [5, 5.41) is 11.2. The first-order valence-electron chi connectivity index (χ1n) is 10.5. The van der Waals surface area contributed by atoms with Crippen LogP contribution in [0.25, 0.3) is 5.76 Å². The minimum atomic E-state index is -0.824. The molecule has 1 aliphatic heterocycles. The molecule has 1 amide bonds. The van der Waals surface area contributed by atoms with Crippen molar-refractivity contribution in [2.75, 3.05) is 0 Å². The highest BCUT2D eigenvalue weighted by Gasteiger charge is 2.47. The maximum atomic E-state index is 13.1. The Hall–Kier alpha value is -3.54. The van der Waals surface area contributed by atoms with Gasteiger partial charge in [0, 0.05) is 5.56 Å². The highest BCUT2D eigenvalue weighted by Crippen LogP contribution is 2.41. The molecule has 0 spiro atoms. The van der Waals surface area contributed by atoms with E-state index in [1.54, 1.807) is 31.2 Å². The van der Waals surface area contributed by atoms with Crippen LogP contribution in [0, 0.1) is 6.92 Å². The van der Waals surface area contributed by atoms with Gasteiger partial charge in [-0.15, -0.1) is 0 Å². The number of amides is 1. The van der Waals surface area contributed by atoms with Crippen molar-refractivity contribution < 1.29 is 23.5 Å². The lowest BCUT2D eigenvalue weighted by Gasteiger charge is -2.22. The second-order valence-corrected chi connectivity index (χ2v) is 8.15. The molecular formula is C25H23NO5. The lowest BCUT2D eigenvalue weighted by molar-refractivity contribution is -0.140. The maximum absolute atomic E-state index is 13.1. The van der Waals surface area contributed by atoms with Gasteiger partial charge in [-0.25, -0.2) is 0 Å². The van der Waals surface area contributed by atoms with Crippen molar-refractivity contribution in [1.29, 1.82) is 0 Å². The number of aryl methyl sites for hydroxylation is 3. The lowest BCUT2D eigenvalue weighted by atomic mass is 9.89. The Morgan fingerprint density at radius 3 is 2.61 bits per heavy atom. The standard InChI is InChI=1S/C25H23NO5/c1-15-8-11-20(31-15)22-21(24(28)25(29)26(22)14-19-7-4-12-30-19)23(27)18-10-9-16-5-2-3-6-17(16)13-18/h4,7-13,22,27H,2-3,5-6,14H2,1H3/b23-21-. The molecule has 0 radical (unpaired) electrons. The van der Waals surface area contributed by atoms with Gasteiger partial charge in [0.2, 0.25) is 0 Å². The number of furan rings is 2. The molecule has 31 heavy (non-hydrogen) atoms. The summed E-state index contributed by atoms with van der Waals surface area (Å²) in [5.41, 5.74) is 3.05. The zero-order valence-electron chi connectivity index (χ0n) is 17.3. The summed E-state index contributed by atoms with van der Waals surface area (Å²) in [7, 11) is 0. The number of rotatable bonds is 4. The summed E-state index contributed by atoms with van der Waals surface area (Å²) < 4.78 is 11.2. The highest BCUT2D eigenvalue weighted by molar-refractivity contribution is 6.46. The predicted molar refractivity (Wildman–Crippen MR) is 113 cm³/mol. The molecule has 158 valence electrons. The predicted octanol–water partition coefficient (Wildman–Crippen LogP) is 4.68. The van der Waals surface area contributed by atoms with E-state index in [4.69, 9.17) is 8.83 Å². The fourth-order valence-corrected chi connectivity index (χ4v) is 4.55. The minimum absolute atomic E-state index is 0.0432. The molecule has 6 nitrogen and oxygen atoms in total. The summed E-state index contributed by atoms with van der Waals surface area (Å²) in [5.74, 6) is 0.0580. The van der Waals surface area contributed by atoms with E-state index in [2.05, 4.69) is 0 Å². The Morgan fingerprint density at radius 2 is 1.90 bits per heavy atom. The molecule has 1 N–H and O–H groups in total. The van der Waals surface area contributed by atoms with Crippen molar-refractivity contribution in [3.8, 4) is 0 Å². The van der Waals surface area contributed by atoms with E-state index in [9.17, 15) is 14.7 Å². The lowest BCUT2D eigenvalue weighted by Crippen LogP contribution is -2.28. The fourth-order valence-electron chi connectivity index (χ4n) is 4.55. The molecule has 1 unspecified atom stereocenters. The van der Waals surface area contributed by atoms with Crippen molar-refractivity contribution in [3.05, 3.63) is 88.3 Å². The summed E-state index contributed by atoms with van der Waals surface area (Å²) >= 11 is 0. The van der Waals surface area contributed by atoms with E-state index >= 15 is 0 Å². The second kappa shape index (κ2) is 7.61. The minimum Gasteiger partial charge on any atom is -0.507 e. The number of benzene rings is 1. The quantitative estimate of drug-likeness (QED) is 0.378. The van der Waals surface area contributed by atoms with Gasteiger partial charge in [0.1, 0.15) is 29.1 Å². The third kappa shape index (κ3) is 3.38. The maximum Gasteiger partial charge on any atom is 0.296 e. The number of aliphatic hydroxyl groups excluding tert-OH is 1. The van der Waals surface area contributed by atoms with Gasteiger partial charge in [0.05, 0.1) is 18.4 Å². The van der Waals surface area contributed by atoms with Crippen LogP contribution in [-0.4, -0.2) is 21.7 Å². The highest BCUT2D eigenvalue weighted by atomic mass is 16.3. The summed E-state index contributed by atoms with van der Waals surface area (Å²) in [6, 6.07) is 11.9. The molecule has 1 aliphatic carbocycles. The normalized spacial score (nSPS) is 20.3. The van der Waals surface area contributed by atoms with Crippen molar-refractivity contribution >= 4 is 17.4 Å². The van der Waals surface area contributed by atoms with Gasteiger partial charge in [-0.05, 0) is 74.1 Å². The molecule has 6 heteroatoms. The zero-order chi connectivity index (χ0) is 21.5. The van der Waals surface area contributed by atoms with Gasteiger partial charge >= 0.3 is 0 Å². The van der Waals surface area contributed by atoms with Crippen molar-refractivity contribution in [2.45, 2.75) is 45.2 Å². The van der Waals surface area contributed by atoms with Gasteiger partial charge < -0.3 is 18.8 Å². The third-order valence-electron chi connectivity index (χ3n) is 6.10. The Kier molecular flexibility index (Phi) is 4.77. The first-order valence-corrected chi connectivity index (χ1v) is 10.5. The number of likely N-dealkylation sites (tertiary alicyclic amines) is 1. The molecule has 2 aliphatic rings. The number of nitrogens with zero attached hydrogens (tertiary/aromatic N) is 1. The van der Waals surface area contributed by atoms with Crippen LogP contribution in [0.5, 0.6) is 0 Å².